The number of nitrogens with zero attached hydrogens (tertiary/aromatic N) is 1. The topological polar surface area (TPSA) is 41.3 Å². The lowest BCUT2D eigenvalue weighted by molar-refractivity contribution is 0.0606. The molecular weight excluding hydrogens is 126 g/mol. The molecule has 60 valence electrons. The maximum atomic E-state index is 5.89. The van der Waals surface area contributed by atoms with Gasteiger partial charge in [0.25, 0.3) is 0 Å². The van der Waals surface area contributed by atoms with E-state index in [0.29, 0.717) is 6.04 Å². The van der Waals surface area contributed by atoms with Crippen LogP contribution < -0.4 is 11.1 Å². The smallest absolute Gasteiger partial charge is 0.0805 e. The van der Waals surface area contributed by atoms with Crippen molar-refractivity contribution in [2.45, 2.75) is 25.6 Å². The van der Waals surface area contributed by atoms with Gasteiger partial charge in [-0.3, -0.25) is 10.2 Å². The highest BCUT2D eigenvalue weighted by Crippen LogP contribution is 2.16. The van der Waals surface area contributed by atoms with E-state index < -0.39 is 0 Å². The summed E-state index contributed by atoms with van der Waals surface area (Å²) in [6.45, 7) is 6.28. The van der Waals surface area contributed by atoms with Gasteiger partial charge in [-0.2, -0.15) is 0 Å². The molecule has 3 heteroatoms. The molecule has 1 aliphatic heterocycles. The summed E-state index contributed by atoms with van der Waals surface area (Å²) in [7, 11) is 2.11. The van der Waals surface area contributed by atoms with Gasteiger partial charge in [-0.25, -0.2) is 0 Å². The summed E-state index contributed by atoms with van der Waals surface area (Å²) in [6, 6.07) is 0.512. The van der Waals surface area contributed by atoms with Crippen LogP contribution in [0.2, 0.25) is 0 Å². The van der Waals surface area contributed by atoms with Gasteiger partial charge in [-0.05, 0) is 20.5 Å². The van der Waals surface area contributed by atoms with E-state index in [9.17, 15) is 0 Å². The summed E-state index contributed by atoms with van der Waals surface area (Å²) in [5.74, 6) is 0. The average molecular weight is 143 g/mol. The van der Waals surface area contributed by atoms with Crippen molar-refractivity contribution in [3.05, 3.63) is 0 Å². The van der Waals surface area contributed by atoms with Crippen molar-refractivity contribution in [3.63, 3.8) is 0 Å². The molecule has 2 unspecified atom stereocenters. The van der Waals surface area contributed by atoms with Crippen molar-refractivity contribution >= 4 is 0 Å². The third kappa shape index (κ3) is 1.17. The lowest BCUT2D eigenvalue weighted by Gasteiger charge is -2.49. The van der Waals surface area contributed by atoms with E-state index in [1.807, 2.05) is 6.92 Å². The van der Waals surface area contributed by atoms with Gasteiger partial charge in [0.15, 0.2) is 0 Å². The average Bonchev–Trinajstić information content (AvgIpc) is 1.86. The normalized spacial score (nSPS) is 39.9. The fourth-order valence-corrected chi connectivity index (χ4v) is 1.35. The monoisotopic (exact) mass is 143 g/mol. The SMILES string of the molecule is CCN(C)C1CNC1(C)N. The van der Waals surface area contributed by atoms with Crippen LogP contribution in [-0.2, 0) is 0 Å². The second-order valence-corrected chi connectivity index (χ2v) is 3.25. The van der Waals surface area contributed by atoms with Gasteiger partial charge in [-0.1, -0.05) is 6.92 Å². The Labute approximate surface area is 62.6 Å². The highest BCUT2D eigenvalue weighted by molar-refractivity contribution is 5.01. The molecule has 3 N–H and O–H groups in total. The number of rotatable bonds is 2. The van der Waals surface area contributed by atoms with Gasteiger partial charge in [-0.15, -0.1) is 0 Å². The molecule has 1 fully saturated rings. The Morgan fingerprint density at radius 2 is 2.40 bits per heavy atom. The fourth-order valence-electron chi connectivity index (χ4n) is 1.35. The Morgan fingerprint density at radius 1 is 1.80 bits per heavy atom. The van der Waals surface area contributed by atoms with Crippen molar-refractivity contribution < 1.29 is 0 Å². The predicted molar refractivity (Wildman–Crippen MR) is 42.7 cm³/mol. The van der Waals surface area contributed by atoms with E-state index in [1.54, 1.807) is 0 Å². The van der Waals surface area contributed by atoms with Crippen LogP contribution in [0.1, 0.15) is 13.8 Å². The molecule has 0 saturated carbocycles. The molecule has 1 aliphatic rings. The molecule has 1 heterocycles. The lowest BCUT2D eigenvalue weighted by atomic mass is 9.93. The Bertz CT molecular complexity index is 122. The van der Waals surface area contributed by atoms with Gasteiger partial charge in [0, 0.05) is 6.54 Å². The Balaban J connectivity index is 2.43. The third-order valence-corrected chi connectivity index (χ3v) is 2.40. The summed E-state index contributed by atoms with van der Waals surface area (Å²) in [5.41, 5.74) is 5.73. The van der Waals surface area contributed by atoms with E-state index in [-0.39, 0.29) is 5.66 Å². The molecule has 1 rings (SSSR count). The fraction of sp³-hybridized carbons (Fsp3) is 1.00. The minimum atomic E-state index is -0.162. The lowest BCUT2D eigenvalue weighted by Crippen LogP contribution is -2.76. The first-order valence-corrected chi connectivity index (χ1v) is 3.82. The largest absolute Gasteiger partial charge is 0.312 e. The number of nitrogens with one attached hydrogen (secondary N) is 1. The predicted octanol–water partition coefficient (Wildman–Crippen LogP) is -0.415. The van der Waals surface area contributed by atoms with Crippen LogP contribution in [0.15, 0.2) is 0 Å². The quantitative estimate of drug-likeness (QED) is 0.552. The first kappa shape index (κ1) is 7.98. The van der Waals surface area contributed by atoms with Crippen LogP contribution in [0.3, 0.4) is 0 Å². The van der Waals surface area contributed by atoms with Gasteiger partial charge >= 0.3 is 0 Å². The Kier molecular flexibility index (Phi) is 1.99. The molecule has 0 radical (unpaired) electrons. The molecule has 0 bridgehead atoms. The molecule has 0 aromatic heterocycles. The second-order valence-electron chi connectivity index (χ2n) is 3.25. The standard InChI is InChI=1S/C7H17N3/c1-4-10(3)6-5-9-7(6,2)8/h6,9H,4-5,8H2,1-3H3. The highest BCUT2D eigenvalue weighted by atomic mass is 15.3. The number of nitrogens with two attached hydrogens (primary N) is 1. The van der Waals surface area contributed by atoms with E-state index in [1.165, 1.54) is 0 Å². The zero-order chi connectivity index (χ0) is 7.78. The molecular formula is C7H17N3. The third-order valence-electron chi connectivity index (χ3n) is 2.40. The van der Waals surface area contributed by atoms with E-state index >= 15 is 0 Å². The number of likely N-dealkylation sites (N-methyl/N-ethyl adjacent to an activating group) is 1. The molecule has 0 spiro atoms. The van der Waals surface area contributed by atoms with Gasteiger partial charge in [0.05, 0.1) is 11.7 Å². The van der Waals surface area contributed by atoms with Crippen LogP contribution in [-0.4, -0.2) is 36.7 Å². The Morgan fingerprint density at radius 3 is 2.50 bits per heavy atom. The second kappa shape index (κ2) is 2.49. The molecule has 0 aromatic carbocycles. The van der Waals surface area contributed by atoms with Gasteiger partial charge < -0.3 is 5.73 Å². The van der Waals surface area contributed by atoms with Crippen molar-refractivity contribution in [2.24, 2.45) is 5.73 Å². The van der Waals surface area contributed by atoms with Gasteiger partial charge in [0.2, 0.25) is 0 Å². The van der Waals surface area contributed by atoms with E-state index in [0.717, 1.165) is 13.1 Å². The Hall–Kier alpha value is -0.120. The summed E-state index contributed by atoms with van der Waals surface area (Å²) in [6.07, 6.45) is 0. The first-order valence-electron chi connectivity index (χ1n) is 3.82. The van der Waals surface area contributed by atoms with Crippen LogP contribution in [0.5, 0.6) is 0 Å². The van der Waals surface area contributed by atoms with Crippen LogP contribution >= 0.6 is 0 Å². The van der Waals surface area contributed by atoms with Crippen LogP contribution in [0.25, 0.3) is 0 Å². The summed E-state index contributed by atoms with van der Waals surface area (Å²) in [4.78, 5) is 2.27. The first-order chi connectivity index (χ1) is 4.58. The zero-order valence-corrected chi connectivity index (χ0v) is 7.02. The van der Waals surface area contributed by atoms with Crippen molar-refractivity contribution in [2.75, 3.05) is 20.1 Å². The van der Waals surface area contributed by atoms with Crippen LogP contribution in [0.4, 0.5) is 0 Å². The summed E-state index contributed by atoms with van der Waals surface area (Å²) >= 11 is 0. The number of hydrogen-bond donors (Lipinski definition) is 2. The molecule has 10 heavy (non-hydrogen) atoms. The molecule has 2 atom stereocenters. The molecule has 0 aromatic rings. The molecule has 1 saturated heterocycles. The van der Waals surface area contributed by atoms with E-state index in [4.69, 9.17) is 5.73 Å². The summed E-state index contributed by atoms with van der Waals surface area (Å²) < 4.78 is 0. The van der Waals surface area contributed by atoms with Crippen molar-refractivity contribution in [1.82, 2.24) is 10.2 Å². The number of hydrogen-bond acceptors (Lipinski definition) is 3. The minimum Gasteiger partial charge on any atom is -0.312 e. The maximum absolute atomic E-state index is 5.89. The minimum absolute atomic E-state index is 0.162. The van der Waals surface area contributed by atoms with Gasteiger partial charge in [0.1, 0.15) is 0 Å². The molecule has 0 aliphatic carbocycles. The zero-order valence-electron chi connectivity index (χ0n) is 7.02. The van der Waals surface area contributed by atoms with E-state index in [2.05, 4.69) is 24.2 Å². The summed E-state index contributed by atoms with van der Waals surface area (Å²) in [5, 5.41) is 3.19. The molecule has 0 amide bonds. The molecule has 3 nitrogen and oxygen atoms in total. The maximum Gasteiger partial charge on any atom is 0.0805 e. The highest BCUT2D eigenvalue weighted by Gasteiger charge is 2.40. The van der Waals surface area contributed by atoms with Crippen molar-refractivity contribution in [3.8, 4) is 0 Å². The van der Waals surface area contributed by atoms with Crippen molar-refractivity contribution in [1.29, 1.82) is 0 Å². The van der Waals surface area contributed by atoms with Crippen LogP contribution in [0, 0.1) is 0 Å².